The number of aryl methyl sites for hydroxylation is 1. The van der Waals surface area contributed by atoms with Crippen molar-refractivity contribution in [2.75, 3.05) is 12.4 Å². The monoisotopic (exact) mass is 423 g/mol. The first-order chi connectivity index (χ1) is 15.0. The van der Waals surface area contributed by atoms with Crippen molar-refractivity contribution >= 4 is 28.9 Å². The van der Waals surface area contributed by atoms with Gasteiger partial charge in [0.25, 0.3) is 5.91 Å². The topological polar surface area (TPSA) is 73.2 Å². The number of rotatable bonds is 5. The van der Waals surface area contributed by atoms with E-state index in [1.54, 1.807) is 0 Å². The molecule has 0 spiro atoms. The molecule has 1 aliphatic carbocycles. The number of methoxy groups -OCH3 is 1. The number of ether oxygens (including phenoxy) is 1. The Balaban J connectivity index is 1.67. The first kappa shape index (κ1) is 21.0. The van der Waals surface area contributed by atoms with Gasteiger partial charge in [0.1, 0.15) is 5.82 Å². The number of nitrogens with zero attached hydrogens (tertiary/aromatic N) is 2. The fourth-order valence-electron chi connectivity index (χ4n) is 4.33. The lowest BCUT2D eigenvalue weighted by atomic mass is 9.86. The molecule has 2 aromatic carbocycles. The molecule has 1 amide bonds. The summed E-state index contributed by atoms with van der Waals surface area (Å²) in [7, 11) is 1.42. The predicted octanol–water partition coefficient (Wildman–Crippen LogP) is 4.89. The van der Waals surface area contributed by atoms with Crippen LogP contribution in [0.15, 0.2) is 42.5 Å². The number of hydrogen-bond acceptors (Lipinski definition) is 4. The Morgan fingerprint density at radius 2 is 1.84 bits per heavy atom. The van der Waals surface area contributed by atoms with Crippen LogP contribution in [-0.4, -0.2) is 28.5 Å². The zero-order chi connectivity index (χ0) is 22.0. The summed E-state index contributed by atoms with van der Waals surface area (Å²) in [4.78, 5) is 29.4. The Bertz CT molecular complexity index is 1100. The van der Waals surface area contributed by atoms with Gasteiger partial charge in [-0.2, -0.15) is 0 Å². The highest BCUT2D eigenvalue weighted by molar-refractivity contribution is 6.04. The van der Waals surface area contributed by atoms with Crippen LogP contribution >= 0.6 is 0 Å². The molecule has 3 aromatic rings. The Kier molecular flexibility index (Phi) is 6.02. The SMILES string of the molecule is CCc1ccc2nc(NC(=O)c3ccc(F)cc3)n([C@H]3CC[C@@H](C(=O)OC)CC3)c2c1. The van der Waals surface area contributed by atoms with E-state index in [4.69, 9.17) is 4.74 Å². The highest BCUT2D eigenvalue weighted by Gasteiger charge is 2.30. The first-order valence-electron chi connectivity index (χ1n) is 10.7. The van der Waals surface area contributed by atoms with Gasteiger partial charge in [0, 0.05) is 11.6 Å². The second-order valence-corrected chi connectivity index (χ2v) is 7.97. The lowest BCUT2D eigenvalue weighted by Crippen LogP contribution is -2.26. The average molecular weight is 423 g/mol. The van der Waals surface area contributed by atoms with Crippen LogP contribution in [0.3, 0.4) is 0 Å². The number of esters is 1. The molecule has 0 saturated heterocycles. The van der Waals surface area contributed by atoms with E-state index < -0.39 is 5.82 Å². The fourth-order valence-corrected chi connectivity index (χ4v) is 4.33. The fraction of sp³-hybridized carbons (Fsp3) is 0.375. The van der Waals surface area contributed by atoms with E-state index in [0.29, 0.717) is 11.5 Å². The highest BCUT2D eigenvalue weighted by atomic mass is 19.1. The molecule has 162 valence electrons. The van der Waals surface area contributed by atoms with Gasteiger partial charge in [-0.3, -0.25) is 14.9 Å². The van der Waals surface area contributed by atoms with Gasteiger partial charge in [0.2, 0.25) is 5.95 Å². The summed E-state index contributed by atoms with van der Waals surface area (Å²) in [6.45, 7) is 2.10. The van der Waals surface area contributed by atoms with Crippen LogP contribution in [0.25, 0.3) is 11.0 Å². The maximum atomic E-state index is 13.2. The van der Waals surface area contributed by atoms with Gasteiger partial charge in [-0.25, -0.2) is 9.37 Å². The largest absolute Gasteiger partial charge is 0.469 e. The zero-order valence-electron chi connectivity index (χ0n) is 17.7. The minimum absolute atomic E-state index is 0.0838. The Hall–Kier alpha value is -3.22. The molecule has 1 aromatic heterocycles. The van der Waals surface area contributed by atoms with Crippen molar-refractivity contribution in [3.63, 3.8) is 0 Å². The van der Waals surface area contributed by atoms with Gasteiger partial charge in [-0.1, -0.05) is 13.0 Å². The van der Waals surface area contributed by atoms with E-state index >= 15 is 0 Å². The third-order valence-corrected chi connectivity index (χ3v) is 6.09. The lowest BCUT2D eigenvalue weighted by molar-refractivity contribution is -0.146. The second kappa shape index (κ2) is 8.88. The summed E-state index contributed by atoms with van der Waals surface area (Å²) >= 11 is 0. The van der Waals surface area contributed by atoms with Crippen LogP contribution in [0, 0.1) is 11.7 Å². The number of halogens is 1. The number of amides is 1. The summed E-state index contributed by atoms with van der Waals surface area (Å²) in [5.74, 6) is -0.501. The zero-order valence-corrected chi connectivity index (χ0v) is 17.7. The number of carbonyl (C=O) groups excluding carboxylic acids is 2. The maximum Gasteiger partial charge on any atom is 0.308 e. The molecular formula is C24H26FN3O3. The standard InChI is InChI=1S/C24H26FN3O3/c1-3-15-4-13-20-21(14-15)28(19-11-7-17(8-12-19)23(30)31-2)24(26-20)27-22(29)16-5-9-18(25)10-6-16/h4-6,9-10,13-14,17,19H,3,7-8,11-12H2,1-2H3,(H,26,27,29)/t17-,19+. The Morgan fingerprint density at radius 1 is 1.13 bits per heavy atom. The predicted molar refractivity (Wildman–Crippen MR) is 116 cm³/mol. The molecule has 1 fully saturated rings. The Labute approximate surface area is 180 Å². The van der Waals surface area contributed by atoms with Gasteiger partial charge in [-0.05, 0) is 74.1 Å². The molecule has 1 heterocycles. The van der Waals surface area contributed by atoms with Crippen molar-refractivity contribution < 1.29 is 18.7 Å². The number of hydrogen-bond donors (Lipinski definition) is 1. The second-order valence-electron chi connectivity index (χ2n) is 7.97. The number of aromatic nitrogens is 2. The number of benzene rings is 2. The number of nitrogens with one attached hydrogen (secondary N) is 1. The summed E-state index contributed by atoms with van der Waals surface area (Å²) in [6, 6.07) is 11.7. The van der Waals surface area contributed by atoms with Crippen molar-refractivity contribution in [2.24, 2.45) is 5.92 Å². The number of fused-ring (bicyclic) bond motifs is 1. The van der Waals surface area contributed by atoms with E-state index in [1.807, 2.05) is 12.1 Å². The number of imidazole rings is 1. The van der Waals surface area contributed by atoms with E-state index in [2.05, 4.69) is 27.9 Å². The molecule has 31 heavy (non-hydrogen) atoms. The molecule has 4 rings (SSSR count). The molecule has 0 unspecified atom stereocenters. The van der Waals surface area contributed by atoms with Gasteiger partial charge in [-0.15, -0.1) is 0 Å². The lowest BCUT2D eigenvalue weighted by Gasteiger charge is -2.29. The van der Waals surface area contributed by atoms with Crippen LogP contribution in [0.4, 0.5) is 10.3 Å². The van der Waals surface area contributed by atoms with Gasteiger partial charge in [0.05, 0.1) is 24.1 Å². The van der Waals surface area contributed by atoms with E-state index in [-0.39, 0.29) is 23.8 Å². The van der Waals surface area contributed by atoms with Crippen LogP contribution < -0.4 is 5.32 Å². The molecule has 6 nitrogen and oxygen atoms in total. The first-order valence-corrected chi connectivity index (χ1v) is 10.7. The van der Waals surface area contributed by atoms with Crippen molar-refractivity contribution in [3.8, 4) is 0 Å². The van der Waals surface area contributed by atoms with Crippen LogP contribution in [0.5, 0.6) is 0 Å². The molecule has 7 heteroatoms. The molecule has 0 aliphatic heterocycles. The minimum Gasteiger partial charge on any atom is -0.469 e. The smallest absolute Gasteiger partial charge is 0.308 e. The summed E-state index contributed by atoms with van der Waals surface area (Å²) in [5.41, 5.74) is 3.33. The summed E-state index contributed by atoms with van der Waals surface area (Å²) in [6.07, 6.45) is 3.95. The highest BCUT2D eigenvalue weighted by Crippen LogP contribution is 2.37. The third kappa shape index (κ3) is 4.31. The minimum atomic E-state index is -0.391. The van der Waals surface area contributed by atoms with Gasteiger partial charge < -0.3 is 9.30 Å². The quantitative estimate of drug-likeness (QED) is 0.593. The molecular weight excluding hydrogens is 397 g/mol. The average Bonchev–Trinajstić information content (AvgIpc) is 3.15. The van der Waals surface area contributed by atoms with E-state index in [1.165, 1.54) is 36.9 Å². The maximum absolute atomic E-state index is 13.2. The molecule has 0 atom stereocenters. The van der Waals surface area contributed by atoms with Crippen molar-refractivity contribution in [1.82, 2.24) is 9.55 Å². The molecule has 1 N–H and O–H groups in total. The van der Waals surface area contributed by atoms with Crippen LogP contribution in [0.2, 0.25) is 0 Å². The normalized spacial score (nSPS) is 18.7. The van der Waals surface area contributed by atoms with E-state index in [0.717, 1.165) is 43.1 Å². The third-order valence-electron chi connectivity index (χ3n) is 6.09. The number of anilines is 1. The van der Waals surface area contributed by atoms with Gasteiger partial charge >= 0.3 is 5.97 Å². The van der Waals surface area contributed by atoms with Crippen molar-refractivity contribution in [1.29, 1.82) is 0 Å². The number of carbonyl (C=O) groups is 2. The summed E-state index contributed by atoms with van der Waals surface area (Å²) in [5, 5.41) is 2.91. The van der Waals surface area contributed by atoms with E-state index in [9.17, 15) is 14.0 Å². The van der Waals surface area contributed by atoms with Crippen LogP contribution in [0.1, 0.15) is 54.6 Å². The van der Waals surface area contributed by atoms with Gasteiger partial charge in [0.15, 0.2) is 0 Å². The van der Waals surface area contributed by atoms with Crippen LogP contribution in [-0.2, 0) is 16.0 Å². The molecule has 1 aliphatic rings. The molecule has 0 radical (unpaired) electrons. The Morgan fingerprint density at radius 3 is 2.48 bits per heavy atom. The molecule has 0 bridgehead atoms. The summed E-state index contributed by atoms with van der Waals surface area (Å²) < 4.78 is 20.2. The van der Waals surface area contributed by atoms with Crippen molar-refractivity contribution in [2.45, 2.75) is 45.1 Å². The molecule has 1 saturated carbocycles. The van der Waals surface area contributed by atoms with Crippen molar-refractivity contribution in [3.05, 3.63) is 59.4 Å².